The average Bonchev–Trinajstić information content (AvgIpc) is 2.11. The molecule has 1 rings (SSSR count). The quantitative estimate of drug-likeness (QED) is 0.805. The normalized spacial score (nSPS) is 11.9. The van der Waals surface area contributed by atoms with Gasteiger partial charge in [-0.15, -0.1) is 11.8 Å². The molecule has 0 saturated heterocycles. The van der Waals surface area contributed by atoms with Gasteiger partial charge in [0.25, 0.3) is 0 Å². The highest BCUT2D eigenvalue weighted by Gasteiger charge is 2.20. The number of hydrogen-bond acceptors (Lipinski definition) is 2. The first-order chi connectivity index (χ1) is 7.35. The summed E-state index contributed by atoms with van der Waals surface area (Å²) in [5, 5.41) is 0. The highest BCUT2D eigenvalue weighted by Crippen LogP contribution is 2.38. The summed E-state index contributed by atoms with van der Waals surface area (Å²) in [5.41, 5.74) is 9.76. The van der Waals surface area contributed by atoms with Gasteiger partial charge in [0.2, 0.25) is 0 Å². The van der Waals surface area contributed by atoms with E-state index in [1.807, 2.05) is 11.8 Å². The van der Waals surface area contributed by atoms with E-state index in [2.05, 4.69) is 46.8 Å². The molecule has 0 amide bonds. The largest absolute Gasteiger partial charge is 0.330 e. The zero-order valence-electron chi connectivity index (χ0n) is 11.1. The van der Waals surface area contributed by atoms with Gasteiger partial charge in [-0.1, -0.05) is 31.5 Å². The molecule has 1 nitrogen and oxygen atoms in total. The van der Waals surface area contributed by atoms with Crippen LogP contribution in [0.4, 0.5) is 0 Å². The predicted octanol–water partition coefficient (Wildman–Crippen LogP) is 3.83. The van der Waals surface area contributed by atoms with Crippen LogP contribution < -0.4 is 5.73 Å². The van der Waals surface area contributed by atoms with Crippen LogP contribution in [0.25, 0.3) is 0 Å². The number of benzene rings is 1. The van der Waals surface area contributed by atoms with Gasteiger partial charge < -0.3 is 5.73 Å². The third-order valence-corrected chi connectivity index (χ3v) is 4.33. The molecule has 0 fully saturated rings. The molecule has 0 aromatic heterocycles. The molecule has 0 bridgehead atoms. The Morgan fingerprint density at radius 2 is 1.62 bits per heavy atom. The van der Waals surface area contributed by atoms with Crippen LogP contribution in [0.2, 0.25) is 0 Å². The van der Waals surface area contributed by atoms with Crippen LogP contribution in [-0.2, 0) is 0 Å². The van der Waals surface area contributed by atoms with Crippen molar-refractivity contribution in [2.45, 2.75) is 50.7 Å². The first-order valence-electron chi connectivity index (χ1n) is 5.82. The second-order valence-electron chi connectivity index (χ2n) is 5.13. The Kier molecular flexibility index (Phi) is 4.45. The van der Waals surface area contributed by atoms with Crippen molar-refractivity contribution in [1.82, 2.24) is 0 Å². The van der Waals surface area contributed by atoms with Crippen molar-refractivity contribution in [1.29, 1.82) is 0 Å². The van der Waals surface area contributed by atoms with Gasteiger partial charge in [0.05, 0.1) is 0 Å². The summed E-state index contributed by atoms with van der Waals surface area (Å²) >= 11 is 1.95. The molecule has 0 unspecified atom stereocenters. The molecule has 0 saturated carbocycles. The summed E-state index contributed by atoms with van der Waals surface area (Å²) in [5.74, 6) is 0. The Morgan fingerprint density at radius 3 is 2.06 bits per heavy atom. The molecular weight excluding hydrogens is 214 g/mol. The van der Waals surface area contributed by atoms with Crippen molar-refractivity contribution in [3.05, 3.63) is 28.8 Å². The van der Waals surface area contributed by atoms with Crippen LogP contribution in [0, 0.1) is 20.8 Å². The van der Waals surface area contributed by atoms with E-state index in [4.69, 9.17) is 5.73 Å². The SMILES string of the molecule is Cc1cc(C)c(SC(C)(C)CCN)c(C)c1. The number of hydrogen-bond donors (Lipinski definition) is 1. The van der Waals surface area contributed by atoms with Crippen molar-refractivity contribution in [2.75, 3.05) is 6.54 Å². The van der Waals surface area contributed by atoms with Crippen molar-refractivity contribution in [3.8, 4) is 0 Å². The van der Waals surface area contributed by atoms with Gasteiger partial charge in [-0.2, -0.15) is 0 Å². The Labute approximate surface area is 104 Å². The standard InChI is InChI=1S/C14H23NS/c1-10-8-11(2)13(12(3)9-10)16-14(4,5)6-7-15/h8-9H,6-7,15H2,1-5H3. The maximum absolute atomic E-state index is 5.66. The third-order valence-electron chi connectivity index (χ3n) is 2.73. The lowest BCUT2D eigenvalue weighted by Gasteiger charge is -2.25. The zero-order chi connectivity index (χ0) is 12.3. The fraction of sp³-hybridized carbons (Fsp3) is 0.571. The summed E-state index contributed by atoms with van der Waals surface area (Å²) in [6.07, 6.45) is 1.05. The fourth-order valence-electron chi connectivity index (χ4n) is 2.00. The van der Waals surface area contributed by atoms with E-state index in [-0.39, 0.29) is 4.75 Å². The molecule has 0 atom stereocenters. The molecule has 0 radical (unpaired) electrons. The molecule has 1 aromatic rings. The van der Waals surface area contributed by atoms with Gasteiger partial charge in [0.1, 0.15) is 0 Å². The molecule has 2 heteroatoms. The maximum Gasteiger partial charge on any atom is 0.0163 e. The van der Waals surface area contributed by atoms with E-state index in [9.17, 15) is 0 Å². The number of aryl methyl sites for hydroxylation is 3. The Bertz CT molecular complexity index is 346. The minimum absolute atomic E-state index is 0.222. The summed E-state index contributed by atoms with van der Waals surface area (Å²) in [7, 11) is 0. The van der Waals surface area contributed by atoms with E-state index in [1.165, 1.54) is 21.6 Å². The second kappa shape index (κ2) is 5.24. The van der Waals surface area contributed by atoms with Crippen LogP contribution in [-0.4, -0.2) is 11.3 Å². The molecule has 0 spiro atoms. The minimum atomic E-state index is 0.222. The molecule has 0 aliphatic carbocycles. The lowest BCUT2D eigenvalue weighted by atomic mass is 10.1. The smallest absolute Gasteiger partial charge is 0.0163 e. The van der Waals surface area contributed by atoms with Crippen LogP contribution in [0.1, 0.15) is 37.0 Å². The van der Waals surface area contributed by atoms with Crippen LogP contribution >= 0.6 is 11.8 Å². The predicted molar refractivity (Wildman–Crippen MR) is 74.3 cm³/mol. The Hall–Kier alpha value is -0.470. The van der Waals surface area contributed by atoms with E-state index >= 15 is 0 Å². The van der Waals surface area contributed by atoms with Gasteiger partial charge in [0.15, 0.2) is 0 Å². The van der Waals surface area contributed by atoms with Crippen LogP contribution in [0.15, 0.2) is 17.0 Å². The van der Waals surface area contributed by atoms with Crippen molar-refractivity contribution >= 4 is 11.8 Å². The molecule has 0 aliphatic heterocycles. The molecule has 0 aliphatic rings. The molecule has 2 N–H and O–H groups in total. The minimum Gasteiger partial charge on any atom is -0.330 e. The van der Waals surface area contributed by atoms with Gasteiger partial charge in [-0.05, 0) is 44.9 Å². The van der Waals surface area contributed by atoms with Crippen molar-refractivity contribution < 1.29 is 0 Å². The van der Waals surface area contributed by atoms with Crippen LogP contribution in [0.5, 0.6) is 0 Å². The molecule has 0 heterocycles. The summed E-state index contributed by atoms with van der Waals surface area (Å²) in [6, 6.07) is 4.52. The van der Waals surface area contributed by atoms with E-state index in [0.29, 0.717) is 0 Å². The number of nitrogens with two attached hydrogens (primary N) is 1. The Morgan fingerprint density at radius 1 is 1.12 bits per heavy atom. The molecular formula is C14H23NS. The molecule has 1 aromatic carbocycles. The number of thioether (sulfide) groups is 1. The highest BCUT2D eigenvalue weighted by atomic mass is 32.2. The van der Waals surface area contributed by atoms with Gasteiger partial charge in [-0.3, -0.25) is 0 Å². The van der Waals surface area contributed by atoms with Crippen molar-refractivity contribution in [2.24, 2.45) is 5.73 Å². The molecule has 16 heavy (non-hydrogen) atoms. The monoisotopic (exact) mass is 237 g/mol. The average molecular weight is 237 g/mol. The zero-order valence-corrected chi connectivity index (χ0v) is 11.9. The van der Waals surface area contributed by atoms with Crippen LogP contribution in [0.3, 0.4) is 0 Å². The number of rotatable bonds is 4. The first kappa shape index (κ1) is 13.6. The lowest BCUT2D eigenvalue weighted by molar-refractivity contribution is 0.648. The second-order valence-corrected chi connectivity index (χ2v) is 6.85. The Balaban J connectivity index is 2.97. The fourth-order valence-corrected chi connectivity index (χ4v) is 3.22. The van der Waals surface area contributed by atoms with Gasteiger partial charge in [0, 0.05) is 9.64 Å². The summed E-state index contributed by atoms with van der Waals surface area (Å²) < 4.78 is 0.222. The van der Waals surface area contributed by atoms with Gasteiger partial charge in [-0.25, -0.2) is 0 Å². The summed E-state index contributed by atoms with van der Waals surface area (Å²) in [4.78, 5) is 1.42. The topological polar surface area (TPSA) is 26.0 Å². The van der Waals surface area contributed by atoms with Crippen molar-refractivity contribution in [3.63, 3.8) is 0 Å². The van der Waals surface area contributed by atoms with E-state index in [0.717, 1.165) is 13.0 Å². The summed E-state index contributed by atoms with van der Waals surface area (Å²) in [6.45, 7) is 11.8. The lowest BCUT2D eigenvalue weighted by Crippen LogP contribution is -2.20. The first-order valence-corrected chi connectivity index (χ1v) is 6.64. The third kappa shape index (κ3) is 3.53. The van der Waals surface area contributed by atoms with Gasteiger partial charge >= 0.3 is 0 Å². The molecule has 90 valence electrons. The maximum atomic E-state index is 5.66. The van der Waals surface area contributed by atoms with E-state index < -0.39 is 0 Å². The van der Waals surface area contributed by atoms with E-state index in [1.54, 1.807) is 0 Å². The highest BCUT2D eigenvalue weighted by molar-refractivity contribution is 8.00.